The number of hydrogen-bond donors (Lipinski definition) is 2. The maximum atomic E-state index is 12.1. The van der Waals surface area contributed by atoms with Crippen molar-refractivity contribution in [3.05, 3.63) is 11.8 Å². The Hall–Kier alpha value is -2.40. The topological polar surface area (TPSA) is 117 Å². The van der Waals surface area contributed by atoms with Crippen LogP contribution in [-0.2, 0) is 4.79 Å². The maximum Gasteiger partial charge on any atom is 0.254 e. The number of carbonyl (C=O) groups is 2. The Bertz CT molecular complexity index is 878. The number of hydrogen-bond acceptors (Lipinski definition) is 5. The van der Waals surface area contributed by atoms with E-state index in [2.05, 4.69) is 21.4 Å². The lowest BCUT2D eigenvalue weighted by molar-refractivity contribution is -0.117. The summed E-state index contributed by atoms with van der Waals surface area (Å²) in [6.07, 6.45) is 11.6. The van der Waals surface area contributed by atoms with E-state index in [4.69, 9.17) is 5.73 Å². The van der Waals surface area contributed by atoms with E-state index >= 15 is 0 Å². The zero-order chi connectivity index (χ0) is 20.9. The van der Waals surface area contributed by atoms with E-state index in [0.717, 1.165) is 38.5 Å². The van der Waals surface area contributed by atoms with Gasteiger partial charge < -0.3 is 11.1 Å². The van der Waals surface area contributed by atoms with Crippen molar-refractivity contribution in [3.63, 3.8) is 0 Å². The third kappa shape index (κ3) is 3.49. The van der Waals surface area contributed by atoms with Gasteiger partial charge in [-0.2, -0.15) is 10.4 Å². The summed E-state index contributed by atoms with van der Waals surface area (Å²) in [6, 6.07) is 2.57. The van der Waals surface area contributed by atoms with Gasteiger partial charge in [0.1, 0.15) is 11.6 Å². The molecule has 1 aromatic rings. The number of anilines is 1. The van der Waals surface area contributed by atoms with Crippen LogP contribution in [0.25, 0.3) is 0 Å². The largest absolute Gasteiger partial charge is 0.365 e. The van der Waals surface area contributed by atoms with Crippen LogP contribution >= 0.6 is 0 Å². The van der Waals surface area contributed by atoms with E-state index in [0.29, 0.717) is 11.5 Å². The average molecular weight is 411 g/mol. The number of primary amides is 1. The fourth-order valence-electron chi connectivity index (χ4n) is 5.60. The van der Waals surface area contributed by atoms with Crippen molar-refractivity contribution >= 4 is 17.6 Å². The first-order valence-corrected chi connectivity index (χ1v) is 11.3. The van der Waals surface area contributed by atoms with Crippen LogP contribution in [0.4, 0.5) is 5.82 Å². The molecule has 3 N–H and O–H groups in total. The van der Waals surface area contributed by atoms with Crippen LogP contribution in [0.15, 0.2) is 6.20 Å². The molecule has 1 atom stereocenters. The summed E-state index contributed by atoms with van der Waals surface area (Å²) < 4.78 is 1.54. The second kappa shape index (κ2) is 7.38. The third-order valence-electron chi connectivity index (χ3n) is 7.80. The Morgan fingerprint density at radius 1 is 1.20 bits per heavy atom. The highest BCUT2D eigenvalue weighted by Gasteiger charge is 2.49. The molecular formula is C22H30N6O2. The summed E-state index contributed by atoms with van der Waals surface area (Å²) in [6.45, 7) is 2.52. The monoisotopic (exact) mass is 410 g/mol. The van der Waals surface area contributed by atoms with Crippen LogP contribution < -0.4 is 11.1 Å². The zero-order valence-corrected chi connectivity index (χ0v) is 17.3. The lowest BCUT2D eigenvalue weighted by Crippen LogP contribution is -2.63. The molecule has 160 valence electrons. The van der Waals surface area contributed by atoms with Gasteiger partial charge >= 0.3 is 0 Å². The lowest BCUT2D eigenvalue weighted by Gasteiger charge is -2.59. The molecule has 2 heterocycles. The second-order valence-corrected chi connectivity index (χ2v) is 9.90. The first-order chi connectivity index (χ1) is 14.5. The minimum absolute atomic E-state index is 0.00139. The molecule has 2 amide bonds. The highest BCUT2D eigenvalue weighted by atomic mass is 16.2. The fraction of sp³-hybridized carbons (Fsp3) is 0.727. The number of aromatic nitrogens is 2. The fourth-order valence-corrected chi connectivity index (χ4v) is 5.60. The Balaban J connectivity index is 1.23. The van der Waals surface area contributed by atoms with E-state index in [-0.39, 0.29) is 29.1 Å². The zero-order valence-electron chi connectivity index (χ0n) is 17.3. The van der Waals surface area contributed by atoms with Crippen molar-refractivity contribution in [1.29, 1.82) is 5.26 Å². The summed E-state index contributed by atoms with van der Waals surface area (Å²) in [7, 11) is 0. The van der Waals surface area contributed by atoms with Crippen LogP contribution in [0.1, 0.15) is 74.2 Å². The molecule has 0 aromatic carbocycles. The standard InChI is InChI=1S/C22H30N6O2/c23-10-18(14-4-6-16(7-5-14)27-12-22(13-27)8-1-9-22)28-11-17(19(24)29)20(26-28)25-21(30)15-2-3-15/h11,14-16,18H,1-9,12-13H2,(H2,24,29)(H,25,26,30)/t14-,16-,18?. The van der Waals surface area contributed by atoms with E-state index in [1.165, 1.54) is 38.5 Å². The van der Waals surface area contributed by atoms with Gasteiger partial charge in [-0.15, -0.1) is 0 Å². The normalized spacial score (nSPS) is 28.8. The predicted octanol–water partition coefficient (Wildman–Crippen LogP) is 2.44. The molecule has 1 saturated heterocycles. The van der Waals surface area contributed by atoms with Gasteiger partial charge in [-0.1, -0.05) is 6.42 Å². The second-order valence-electron chi connectivity index (χ2n) is 9.90. The van der Waals surface area contributed by atoms with Gasteiger partial charge in [0.25, 0.3) is 5.91 Å². The molecule has 3 saturated carbocycles. The number of likely N-dealkylation sites (tertiary alicyclic amines) is 1. The molecule has 1 aliphatic heterocycles. The molecular weight excluding hydrogens is 380 g/mol. The molecule has 8 heteroatoms. The van der Waals surface area contributed by atoms with Gasteiger partial charge in [-0.25, -0.2) is 0 Å². The highest BCUT2D eigenvalue weighted by molar-refractivity contribution is 6.02. The maximum absolute atomic E-state index is 12.1. The van der Waals surface area contributed by atoms with E-state index in [9.17, 15) is 14.9 Å². The number of nitrogens with zero attached hydrogens (tertiary/aromatic N) is 4. The van der Waals surface area contributed by atoms with E-state index in [1.54, 1.807) is 4.68 Å². The van der Waals surface area contributed by atoms with Crippen molar-refractivity contribution < 1.29 is 9.59 Å². The number of nitrogens with one attached hydrogen (secondary N) is 1. The summed E-state index contributed by atoms with van der Waals surface area (Å²) in [5.41, 5.74) is 6.31. The van der Waals surface area contributed by atoms with Gasteiger partial charge in [-0.3, -0.25) is 19.2 Å². The SMILES string of the molecule is N#CC([C@H]1CC[C@H](N2CC3(CCC3)C2)CC1)n1cc(C(N)=O)c(NC(=O)C2CC2)n1. The minimum atomic E-state index is -0.643. The molecule has 1 unspecified atom stereocenters. The number of carbonyl (C=O) groups excluding carboxylic acids is 2. The molecule has 0 bridgehead atoms. The Morgan fingerprint density at radius 2 is 1.90 bits per heavy atom. The molecule has 30 heavy (non-hydrogen) atoms. The number of rotatable bonds is 6. The average Bonchev–Trinajstić information content (AvgIpc) is 3.43. The van der Waals surface area contributed by atoms with Crippen molar-refractivity contribution in [3.8, 4) is 6.07 Å². The van der Waals surface area contributed by atoms with Crippen molar-refractivity contribution in [2.45, 2.75) is 69.9 Å². The molecule has 8 nitrogen and oxygen atoms in total. The molecule has 4 aliphatic rings. The van der Waals surface area contributed by atoms with Gasteiger partial charge in [-0.05, 0) is 62.7 Å². The van der Waals surface area contributed by atoms with Crippen molar-refractivity contribution in [2.24, 2.45) is 23.0 Å². The molecule has 4 fully saturated rings. The van der Waals surface area contributed by atoms with Crippen molar-refractivity contribution in [2.75, 3.05) is 18.4 Å². The third-order valence-corrected chi connectivity index (χ3v) is 7.80. The molecule has 1 aromatic heterocycles. The molecule has 5 rings (SSSR count). The van der Waals surface area contributed by atoms with Crippen LogP contribution in [0.2, 0.25) is 0 Å². The first-order valence-electron chi connectivity index (χ1n) is 11.3. The summed E-state index contributed by atoms with van der Waals surface area (Å²) in [4.78, 5) is 26.6. The van der Waals surface area contributed by atoms with Crippen LogP contribution in [0.5, 0.6) is 0 Å². The quantitative estimate of drug-likeness (QED) is 0.747. The Labute approximate surface area is 176 Å². The molecule has 3 aliphatic carbocycles. The number of nitrogens with two attached hydrogens (primary N) is 1. The summed E-state index contributed by atoms with van der Waals surface area (Å²) in [5.74, 6) is -0.401. The lowest BCUT2D eigenvalue weighted by atomic mass is 9.62. The van der Waals surface area contributed by atoms with Gasteiger partial charge in [0, 0.05) is 31.2 Å². The van der Waals surface area contributed by atoms with Crippen molar-refractivity contribution in [1.82, 2.24) is 14.7 Å². The number of amides is 2. The first kappa shape index (κ1) is 19.6. The highest BCUT2D eigenvalue weighted by Crippen LogP contribution is 2.50. The van der Waals surface area contributed by atoms with Crippen LogP contribution in [0.3, 0.4) is 0 Å². The summed E-state index contributed by atoms with van der Waals surface area (Å²) in [5, 5.41) is 17.0. The molecule has 0 radical (unpaired) electrons. The van der Waals surface area contributed by atoms with Gasteiger partial charge in [0.15, 0.2) is 5.82 Å². The summed E-state index contributed by atoms with van der Waals surface area (Å²) >= 11 is 0. The predicted molar refractivity (Wildman–Crippen MR) is 110 cm³/mol. The van der Waals surface area contributed by atoms with E-state index < -0.39 is 11.9 Å². The smallest absolute Gasteiger partial charge is 0.254 e. The Morgan fingerprint density at radius 3 is 2.43 bits per heavy atom. The van der Waals surface area contributed by atoms with E-state index in [1.807, 2.05) is 0 Å². The number of nitriles is 1. The molecule has 1 spiro atoms. The van der Waals surface area contributed by atoms with Crippen LogP contribution in [0, 0.1) is 28.6 Å². The van der Waals surface area contributed by atoms with Crippen LogP contribution in [-0.4, -0.2) is 45.6 Å². The van der Waals surface area contributed by atoms with Gasteiger partial charge in [0.05, 0.1) is 6.07 Å². The van der Waals surface area contributed by atoms with Gasteiger partial charge in [0.2, 0.25) is 5.91 Å². The minimum Gasteiger partial charge on any atom is -0.365 e. The Kier molecular flexibility index (Phi) is 4.81.